The average Bonchev–Trinajstić information content (AvgIpc) is 2.69. The van der Waals surface area contributed by atoms with E-state index >= 15 is 0 Å². The lowest BCUT2D eigenvalue weighted by Gasteiger charge is -2.15. The Labute approximate surface area is 167 Å². The molecule has 28 heavy (non-hydrogen) atoms. The predicted octanol–water partition coefficient (Wildman–Crippen LogP) is 5.72. The summed E-state index contributed by atoms with van der Waals surface area (Å²) in [5.41, 5.74) is 2.64. The van der Waals surface area contributed by atoms with Crippen LogP contribution in [0.25, 0.3) is 0 Å². The smallest absolute Gasteiger partial charge is 0.257 e. The number of hydrogen-bond donors (Lipinski definition) is 2. The minimum Gasteiger partial charge on any atom is -0.322 e. The first-order valence-electron chi connectivity index (χ1n) is 8.77. The predicted molar refractivity (Wildman–Crippen MR) is 107 cm³/mol. The van der Waals surface area contributed by atoms with E-state index in [2.05, 4.69) is 10.6 Å². The number of halogens is 3. The largest absolute Gasteiger partial charge is 0.322 e. The molecule has 1 amide bonds. The van der Waals surface area contributed by atoms with Crippen molar-refractivity contribution in [3.05, 3.63) is 100 Å². The molecule has 0 aromatic heterocycles. The van der Waals surface area contributed by atoms with Gasteiger partial charge in [0.25, 0.3) is 5.91 Å². The van der Waals surface area contributed by atoms with Crippen molar-refractivity contribution in [1.29, 1.82) is 0 Å². The monoisotopic (exact) mass is 400 g/mol. The SMILES string of the molecule is C[C@H](NCc1cccc(NC(=O)c2ccccc2Cl)c1)c1ccc(F)c(F)c1. The summed E-state index contributed by atoms with van der Waals surface area (Å²) < 4.78 is 26.5. The highest BCUT2D eigenvalue weighted by atomic mass is 35.5. The van der Waals surface area contributed by atoms with Crippen LogP contribution in [0.1, 0.15) is 34.5 Å². The van der Waals surface area contributed by atoms with E-state index in [4.69, 9.17) is 11.6 Å². The molecule has 2 N–H and O–H groups in total. The second-order valence-corrected chi connectivity index (χ2v) is 6.82. The number of carbonyl (C=O) groups excluding carboxylic acids is 1. The third-order valence-electron chi connectivity index (χ3n) is 4.36. The molecular formula is C22H19ClF2N2O. The van der Waals surface area contributed by atoms with Crippen LogP contribution in [0.2, 0.25) is 5.02 Å². The van der Waals surface area contributed by atoms with Gasteiger partial charge in [-0.25, -0.2) is 8.78 Å². The molecule has 0 spiro atoms. The fraction of sp³-hybridized carbons (Fsp3) is 0.136. The number of benzene rings is 3. The van der Waals surface area contributed by atoms with Crippen molar-refractivity contribution in [3.8, 4) is 0 Å². The maximum atomic E-state index is 13.4. The van der Waals surface area contributed by atoms with Crippen LogP contribution in [0.3, 0.4) is 0 Å². The zero-order chi connectivity index (χ0) is 20.1. The highest BCUT2D eigenvalue weighted by molar-refractivity contribution is 6.34. The van der Waals surface area contributed by atoms with E-state index in [0.29, 0.717) is 28.4 Å². The number of rotatable bonds is 6. The Hall–Kier alpha value is -2.76. The van der Waals surface area contributed by atoms with E-state index in [9.17, 15) is 13.6 Å². The molecule has 0 bridgehead atoms. The number of carbonyl (C=O) groups is 1. The summed E-state index contributed by atoms with van der Waals surface area (Å²) >= 11 is 6.06. The standard InChI is InChI=1S/C22H19ClF2N2O/c1-14(16-9-10-20(24)21(25)12-16)26-13-15-5-4-6-17(11-15)27-22(28)18-7-2-3-8-19(18)23/h2-12,14,26H,13H2,1H3,(H,27,28)/t14-/m0/s1. The molecule has 0 fully saturated rings. The van der Waals surface area contributed by atoms with Crippen molar-refractivity contribution in [2.24, 2.45) is 0 Å². The second-order valence-electron chi connectivity index (χ2n) is 6.41. The third-order valence-corrected chi connectivity index (χ3v) is 4.69. The maximum absolute atomic E-state index is 13.4. The zero-order valence-electron chi connectivity index (χ0n) is 15.2. The summed E-state index contributed by atoms with van der Waals surface area (Å²) in [6.07, 6.45) is 0. The van der Waals surface area contributed by atoms with E-state index in [-0.39, 0.29) is 11.9 Å². The first-order valence-corrected chi connectivity index (χ1v) is 9.15. The van der Waals surface area contributed by atoms with Crippen molar-refractivity contribution in [2.45, 2.75) is 19.5 Å². The van der Waals surface area contributed by atoms with Crippen LogP contribution in [-0.2, 0) is 6.54 Å². The van der Waals surface area contributed by atoms with Gasteiger partial charge in [0.05, 0.1) is 10.6 Å². The molecule has 0 unspecified atom stereocenters. The normalized spacial score (nSPS) is 11.9. The second kappa shape index (κ2) is 8.95. The molecule has 0 aliphatic carbocycles. The van der Waals surface area contributed by atoms with Gasteiger partial charge >= 0.3 is 0 Å². The molecule has 3 nitrogen and oxygen atoms in total. The van der Waals surface area contributed by atoms with Crippen LogP contribution < -0.4 is 10.6 Å². The van der Waals surface area contributed by atoms with E-state index in [1.54, 1.807) is 36.4 Å². The van der Waals surface area contributed by atoms with Crippen molar-refractivity contribution in [3.63, 3.8) is 0 Å². The van der Waals surface area contributed by atoms with Crippen LogP contribution in [-0.4, -0.2) is 5.91 Å². The fourth-order valence-corrected chi connectivity index (χ4v) is 2.99. The highest BCUT2D eigenvalue weighted by Crippen LogP contribution is 2.19. The van der Waals surface area contributed by atoms with E-state index in [0.717, 1.165) is 11.6 Å². The van der Waals surface area contributed by atoms with Crippen LogP contribution in [0, 0.1) is 11.6 Å². The average molecular weight is 401 g/mol. The molecule has 0 aliphatic rings. The Morgan fingerprint density at radius 1 is 1.00 bits per heavy atom. The molecule has 3 aromatic carbocycles. The van der Waals surface area contributed by atoms with E-state index in [1.807, 2.05) is 25.1 Å². The minimum atomic E-state index is -0.865. The summed E-state index contributed by atoms with van der Waals surface area (Å²) in [7, 11) is 0. The van der Waals surface area contributed by atoms with Gasteiger partial charge in [0, 0.05) is 18.3 Å². The molecule has 0 heterocycles. The van der Waals surface area contributed by atoms with Gasteiger partial charge in [0.15, 0.2) is 11.6 Å². The molecule has 0 saturated heterocycles. The molecule has 6 heteroatoms. The van der Waals surface area contributed by atoms with E-state index < -0.39 is 11.6 Å². The third kappa shape index (κ3) is 4.94. The van der Waals surface area contributed by atoms with Crippen molar-refractivity contribution in [2.75, 3.05) is 5.32 Å². The number of anilines is 1. The quantitative estimate of drug-likeness (QED) is 0.555. The van der Waals surface area contributed by atoms with Crippen LogP contribution >= 0.6 is 11.6 Å². The molecule has 3 aromatic rings. The van der Waals surface area contributed by atoms with Crippen LogP contribution in [0.4, 0.5) is 14.5 Å². The molecule has 3 rings (SSSR count). The Morgan fingerprint density at radius 2 is 1.79 bits per heavy atom. The number of hydrogen-bond acceptors (Lipinski definition) is 2. The van der Waals surface area contributed by atoms with E-state index in [1.165, 1.54) is 6.07 Å². The summed E-state index contributed by atoms with van der Waals surface area (Å²) in [5, 5.41) is 6.48. The minimum absolute atomic E-state index is 0.170. The van der Waals surface area contributed by atoms with Gasteiger partial charge in [-0.3, -0.25) is 4.79 Å². The van der Waals surface area contributed by atoms with Gasteiger partial charge in [-0.05, 0) is 54.4 Å². The van der Waals surface area contributed by atoms with Gasteiger partial charge < -0.3 is 10.6 Å². The summed E-state index contributed by atoms with van der Waals surface area (Å²) in [4.78, 5) is 12.4. The summed E-state index contributed by atoms with van der Waals surface area (Å²) in [5.74, 6) is -2.01. The Kier molecular flexibility index (Phi) is 6.39. The van der Waals surface area contributed by atoms with Gasteiger partial charge in [0.2, 0.25) is 0 Å². The Bertz CT molecular complexity index is 994. The lowest BCUT2D eigenvalue weighted by atomic mass is 10.1. The van der Waals surface area contributed by atoms with Gasteiger partial charge in [-0.2, -0.15) is 0 Å². The lowest BCUT2D eigenvalue weighted by Crippen LogP contribution is -2.18. The Morgan fingerprint density at radius 3 is 2.54 bits per heavy atom. The van der Waals surface area contributed by atoms with Crippen LogP contribution in [0.15, 0.2) is 66.7 Å². The Balaban J connectivity index is 1.64. The van der Waals surface area contributed by atoms with Crippen molar-refractivity contribution < 1.29 is 13.6 Å². The molecule has 144 valence electrons. The van der Waals surface area contributed by atoms with Gasteiger partial charge in [-0.15, -0.1) is 0 Å². The van der Waals surface area contributed by atoms with Crippen LogP contribution in [0.5, 0.6) is 0 Å². The molecule has 0 radical (unpaired) electrons. The molecule has 0 saturated carbocycles. The molecule has 1 atom stereocenters. The molecule has 0 aliphatic heterocycles. The van der Waals surface area contributed by atoms with Crippen molar-refractivity contribution >= 4 is 23.2 Å². The summed E-state index contributed by atoms with van der Waals surface area (Å²) in [6, 6.07) is 17.9. The lowest BCUT2D eigenvalue weighted by molar-refractivity contribution is 0.102. The van der Waals surface area contributed by atoms with Gasteiger partial charge in [-0.1, -0.05) is 41.9 Å². The van der Waals surface area contributed by atoms with Crippen molar-refractivity contribution in [1.82, 2.24) is 5.32 Å². The topological polar surface area (TPSA) is 41.1 Å². The number of amides is 1. The highest BCUT2D eigenvalue weighted by Gasteiger charge is 2.11. The summed E-state index contributed by atoms with van der Waals surface area (Å²) in [6.45, 7) is 2.37. The maximum Gasteiger partial charge on any atom is 0.257 e. The fourth-order valence-electron chi connectivity index (χ4n) is 2.77. The van der Waals surface area contributed by atoms with Gasteiger partial charge in [0.1, 0.15) is 0 Å². The first kappa shape index (κ1) is 20.0. The first-order chi connectivity index (χ1) is 13.4. The molecular weight excluding hydrogens is 382 g/mol. The number of nitrogens with one attached hydrogen (secondary N) is 2. The zero-order valence-corrected chi connectivity index (χ0v) is 15.9.